The summed E-state index contributed by atoms with van der Waals surface area (Å²) in [5, 5.41) is 25.3. The Balaban J connectivity index is 1.50. The average Bonchev–Trinajstić information content (AvgIpc) is 3.30. The van der Waals surface area contributed by atoms with Crippen LogP contribution in [0.5, 0.6) is 0 Å². The van der Waals surface area contributed by atoms with Crippen LogP contribution in [0.25, 0.3) is 11.4 Å². The van der Waals surface area contributed by atoms with Gasteiger partial charge in [0.15, 0.2) is 5.82 Å². The molecule has 0 saturated heterocycles. The van der Waals surface area contributed by atoms with Crippen molar-refractivity contribution in [3.63, 3.8) is 0 Å². The molecule has 0 saturated carbocycles. The minimum atomic E-state index is -0.327. The molecule has 0 spiro atoms. The molecule has 0 aliphatic rings. The van der Waals surface area contributed by atoms with Gasteiger partial charge in [-0.05, 0) is 35.9 Å². The van der Waals surface area contributed by atoms with Crippen molar-refractivity contribution < 1.29 is 9.53 Å². The lowest BCUT2D eigenvalue weighted by molar-refractivity contribution is 0.190. The molecule has 0 fully saturated rings. The van der Waals surface area contributed by atoms with Gasteiger partial charge in [0.05, 0.1) is 13.6 Å². The lowest BCUT2D eigenvalue weighted by Gasteiger charge is -2.09. The SMILES string of the molecule is COCCCn1cnnc1CNC(=O)Nc1ccc(-c2nnn(C)n2)cc1. The topological polar surface area (TPSA) is 125 Å². The Morgan fingerprint density at radius 2 is 2.04 bits per heavy atom. The third-order valence-electron chi connectivity index (χ3n) is 3.76. The predicted octanol–water partition coefficient (Wildman–Crippen LogP) is 0.827. The maximum atomic E-state index is 12.1. The number of anilines is 1. The molecule has 2 amide bonds. The summed E-state index contributed by atoms with van der Waals surface area (Å²) in [6.45, 7) is 1.67. The molecule has 2 heterocycles. The number of hydrogen-bond donors (Lipinski definition) is 2. The van der Waals surface area contributed by atoms with Gasteiger partial charge in [-0.2, -0.15) is 4.80 Å². The van der Waals surface area contributed by atoms with Crippen LogP contribution < -0.4 is 10.6 Å². The molecule has 142 valence electrons. The third-order valence-corrected chi connectivity index (χ3v) is 3.76. The molecule has 0 radical (unpaired) electrons. The predicted molar refractivity (Wildman–Crippen MR) is 96.6 cm³/mol. The van der Waals surface area contributed by atoms with E-state index in [4.69, 9.17) is 4.74 Å². The van der Waals surface area contributed by atoms with E-state index >= 15 is 0 Å². The van der Waals surface area contributed by atoms with E-state index in [1.807, 2.05) is 16.7 Å². The Kier molecular flexibility index (Phi) is 6.05. The molecule has 2 aromatic heterocycles. The zero-order chi connectivity index (χ0) is 19.1. The van der Waals surface area contributed by atoms with E-state index in [9.17, 15) is 4.79 Å². The molecule has 11 nitrogen and oxygen atoms in total. The number of urea groups is 1. The Hall–Kier alpha value is -3.34. The van der Waals surface area contributed by atoms with Gasteiger partial charge in [-0.1, -0.05) is 0 Å². The Morgan fingerprint density at radius 3 is 2.74 bits per heavy atom. The Bertz CT molecular complexity index is 872. The molecule has 0 bridgehead atoms. The van der Waals surface area contributed by atoms with Crippen LogP contribution >= 0.6 is 0 Å². The Morgan fingerprint density at radius 1 is 1.22 bits per heavy atom. The molecule has 0 atom stereocenters. The number of ether oxygens (including phenoxy) is 1. The molecule has 0 aliphatic carbocycles. The minimum Gasteiger partial charge on any atom is -0.385 e. The summed E-state index contributed by atoms with van der Waals surface area (Å²) in [6, 6.07) is 6.86. The highest BCUT2D eigenvalue weighted by Gasteiger charge is 2.08. The molecule has 1 aromatic carbocycles. The van der Waals surface area contributed by atoms with Crippen molar-refractivity contribution in [3.05, 3.63) is 36.4 Å². The number of aryl methyl sites for hydroxylation is 2. The molecule has 11 heteroatoms. The van der Waals surface area contributed by atoms with Crippen molar-refractivity contribution in [3.8, 4) is 11.4 Å². The number of rotatable bonds is 8. The van der Waals surface area contributed by atoms with E-state index < -0.39 is 0 Å². The summed E-state index contributed by atoms with van der Waals surface area (Å²) >= 11 is 0. The summed E-state index contributed by atoms with van der Waals surface area (Å²) in [7, 11) is 3.37. The summed E-state index contributed by atoms with van der Waals surface area (Å²) < 4.78 is 6.93. The first-order valence-corrected chi connectivity index (χ1v) is 8.40. The molecule has 3 rings (SSSR count). The van der Waals surface area contributed by atoms with Crippen LogP contribution in [0.3, 0.4) is 0 Å². The van der Waals surface area contributed by atoms with Crippen LogP contribution in [0.4, 0.5) is 10.5 Å². The van der Waals surface area contributed by atoms with E-state index in [0.717, 1.165) is 18.5 Å². The number of nitrogens with one attached hydrogen (secondary N) is 2. The van der Waals surface area contributed by atoms with Crippen LogP contribution in [0.1, 0.15) is 12.2 Å². The van der Waals surface area contributed by atoms with Crippen LogP contribution in [-0.4, -0.2) is 54.7 Å². The number of amides is 2. The fourth-order valence-electron chi connectivity index (χ4n) is 2.42. The molecular weight excluding hydrogens is 350 g/mol. The van der Waals surface area contributed by atoms with Crippen LogP contribution in [0.15, 0.2) is 30.6 Å². The van der Waals surface area contributed by atoms with Crippen LogP contribution in [0, 0.1) is 0 Å². The zero-order valence-corrected chi connectivity index (χ0v) is 15.2. The fraction of sp³-hybridized carbons (Fsp3) is 0.375. The standard InChI is InChI=1S/C16H21N9O2/c1-24-22-15(21-23-24)12-4-6-13(7-5-12)19-16(26)17-10-14-20-18-11-25(14)8-3-9-27-2/h4-7,11H,3,8-10H2,1-2H3,(H2,17,19,26). The van der Waals surface area contributed by atoms with Gasteiger partial charge >= 0.3 is 6.03 Å². The summed E-state index contributed by atoms with van der Waals surface area (Å²) in [6.07, 6.45) is 2.49. The molecule has 0 aliphatic heterocycles. The van der Waals surface area contributed by atoms with Crippen molar-refractivity contribution in [2.24, 2.45) is 7.05 Å². The maximum absolute atomic E-state index is 12.1. The first-order valence-electron chi connectivity index (χ1n) is 8.40. The van der Waals surface area contributed by atoms with Gasteiger partial charge in [0.2, 0.25) is 5.82 Å². The summed E-state index contributed by atoms with van der Waals surface area (Å²) in [5.74, 6) is 1.21. The maximum Gasteiger partial charge on any atom is 0.319 e. The number of aromatic nitrogens is 7. The van der Waals surface area contributed by atoms with E-state index in [0.29, 0.717) is 23.9 Å². The number of carbonyl (C=O) groups excluding carboxylic acids is 1. The van der Waals surface area contributed by atoms with Gasteiger partial charge in [-0.25, -0.2) is 4.79 Å². The smallest absolute Gasteiger partial charge is 0.319 e. The number of methoxy groups -OCH3 is 1. The van der Waals surface area contributed by atoms with Gasteiger partial charge in [0.1, 0.15) is 6.33 Å². The molecular formula is C16H21N9O2. The number of tetrazole rings is 1. The normalized spacial score (nSPS) is 10.7. The van der Waals surface area contributed by atoms with Crippen molar-refractivity contribution in [1.82, 2.24) is 40.3 Å². The number of hydrogen-bond acceptors (Lipinski definition) is 7. The van der Waals surface area contributed by atoms with E-state index in [-0.39, 0.29) is 12.6 Å². The summed E-state index contributed by atoms with van der Waals surface area (Å²) in [5.41, 5.74) is 1.47. The largest absolute Gasteiger partial charge is 0.385 e. The second-order valence-electron chi connectivity index (χ2n) is 5.77. The van der Waals surface area contributed by atoms with E-state index in [1.165, 1.54) is 4.80 Å². The van der Waals surface area contributed by atoms with Gasteiger partial charge < -0.3 is 19.9 Å². The quantitative estimate of drug-likeness (QED) is 0.562. The molecule has 3 aromatic rings. The second kappa shape index (κ2) is 8.85. The average molecular weight is 371 g/mol. The number of carbonyl (C=O) groups is 1. The first kappa shape index (κ1) is 18.5. The number of nitrogens with zero attached hydrogens (tertiary/aromatic N) is 7. The Labute approximate surface area is 155 Å². The lowest BCUT2D eigenvalue weighted by atomic mass is 10.2. The molecule has 2 N–H and O–H groups in total. The number of benzene rings is 1. The van der Waals surface area contributed by atoms with Crippen molar-refractivity contribution in [1.29, 1.82) is 0 Å². The molecule has 0 unspecified atom stereocenters. The highest BCUT2D eigenvalue weighted by atomic mass is 16.5. The molecule has 27 heavy (non-hydrogen) atoms. The summed E-state index contributed by atoms with van der Waals surface area (Å²) in [4.78, 5) is 13.5. The monoisotopic (exact) mass is 371 g/mol. The third kappa shape index (κ3) is 5.07. The van der Waals surface area contributed by atoms with E-state index in [2.05, 4.69) is 36.2 Å². The lowest BCUT2D eigenvalue weighted by Crippen LogP contribution is -2.29. The van der Waals surface area contributed by atoms with Crippen molar-refractivity contribution >= 4 is 11.7 Å². The van der Waals surface area contributed by atoms with Crippen molar-refractivity contribution in [2.75, 3.05) is 19.0 Å². The highest BCUT2D eigenvalue weighted by Crippen LogP contribution is 2.16. The zero-order valence-electron chi connectivity index (χ0n) is 15.2. The van der Waals surface area contributed by atoms with Gasteiger partial charge in [0.25, 0.3) is 0 Å². The van der Waals surface area contributed by atoms with E-state index in [1.54, 1.807) is 32.6 Å². The van der Waals surface area contributed by atoms with Gasteiger partial charge in [0, 0.05) is 31.5 Å². The van der Waals surface area contributed by atoms with Crippen LogP contribution in [-0.2, 0) is 24.9 Å². The van der Waals surface area contributed by atoms with Gasteiger partial charge in [-0.15, -0.1) is 20.4 Å². The highest BCUT2D eigenvalue weighted by molar-refractivity contribution is 5.89. The van der Waals surface area contributed by atoms with Crippen LogP contribution in [0.2, 0.25) is 0 Å². The first-order chi connectivity index (χ1) is 13.2. The van der Waals surface area contributed by atoms with Gasteiger partial charge in [-0.3, -0.25) is 0 Å². The minimum absolute atomic E-state index is 0.278. The fourth-order valence-corrected chi connectivity index (χ4v) is 2.42. The van der Waals surface area contributed by atoms with Crippen molar-refractivity contribution in [2.45, 2.75) is 19.5 Å². The second-order valence-corrected chi connectivity index (χ2v) is 5.77.